The van der Waals surface area contributed by atoms with E-state index in [-0.39, 0.29) is 6.61 Å². The van der Waals surface area contributed by atoms with Gasteiger partial charge in [-0.2, -0.15) is 5.26 Å². The number of aliphatic hydroxyl groups excluding tert-OH is 1. The maximum atomic E-state index is 9.01. The summed E-state index contributed by atoms with van der Waals surface area (Å²) in [7, 11) is 0. The Balaban J connectivity index is 3.06. The van der Waals surface area contributed by atoms with Crippen LogP contribution in [0.2, 0.25) is 0 Å². The zero-order valence-corrected chi connectivity index (χ0v) is 8.95. The lowest BCUT2D eigenvalue weighted by Gasteiger charge is -2.10. The molecule has 1 aromatic rings. The van der Waals surface area contributed by atoms with Crippen molar-refractivity contribution in [2.45, 2.75) is 13.8 Å². The molecule has 1 rings (SSSR count). The van der Waals surface area contributed by atoms with E-state index in [9.17, 15) is 0 Å². The van der Waals surface area contributed by atoms with E-state index >= 15 is 0 Å². The molecule has 0 fully saturated rings. The van der Waals surface area contributed by atoms with Gasteiger partial charge in [0.15, 0.2) is 0 Å². The normalized spacial score (nSPS) is 10.1. The first-order valence-electron chi connectivity index (χ1n) is 4.83. The Labute approximate surface area is 89.9 Å². The summed E-state index contributed by atoms with van der Waals surface area (Å²) in [6, 6.07) is 7.34. The Morgan fingerprint density at radius 2 is 2.20 bits per heavy atom. The Bertz CT molecular complexity index is 368. The maximum Gasteiger partial charge on any atom is 0.120 e. The van der Waals surface area contributed by atoms with Crippen molar-refractivity contribution < 1.29 is 9.84 Å². The van der Waals surface area contributed by atoms with Crippen molar-refractivity contribution in [3.05, 3.63) is 35.2 Å². The van der Waals surface area contributed by atoms with Gasteiger partial charge in [0, 0.05) is 5.92 Å². The van der Waals surface area contributed by atoms with Crippen molar-refractivity contribution in [2.24, 2.45) is 0 Å². The molecule has 1 radical (unpaired) electrons. The van der Waals surface area contributed by atoms with Gasteiger partial charge in [0.1, 0.15) is 5.75 Å². The number of hydrogen-bond acceptors (Lipinski definition) is 3. The highest BCUT2D eigenvalue weighted by Crippen LogP contribution is 2.22. The van der Waals surface area contributed by atoms with Crippen molar-refractivity contribution in [3.8, 4) is 11.8 Å². The van der Waals surface area contributed by atoms with E-state index in [0.29, 0.717) is 17.9 Å². The summed E-state index contributed by atoms with van der Waals surface area (Å²) in [6.07, 6.45) is 0. The van der Waals surface area contributed by atoms with E-state index in [2.05, 4.69) is 6.07 Å². The van der Waals surface area contributed by atoms with Gasteiger partial charge in [-0.1, -0.05) is 6.92 Å². The van der Waals surface area contributed by atoms with E-state index in [1.165, 1.54) is 0 Å². The molecule has 0 saturated carbocycles. The highest BCUT2D eigenvalue weighted by atomic mass is 16.5. The lowest BCUT2D eigenvalue weighted by Crippen LogP contribution is -2.02. The molecule has 0 unspecified atom stereocenters. The van der Waals surface area contributed by atoms with Crippen molar-refractivity contribution in [2.75, 3.05) is 13.2 Å². The Morgan fingerprint density at radius 3 is 2.73 bits per heavy atom. The van der Waals surface area contributed by atoms with Gasteiger partial charge in [-0.3, -0.25) is 0 Å². The van der Waals surface area contributed by atoms with Crippen LogP contribution in [0.3, 0.4) is 0 Å². The second kappa shape index (κ2) is 5.38. The van der Waals surface area contributed by atoms with Gasteiger partial charge in [-0.05, 0) is 30.7 Å². The average Bonchev–Trinajstić information content (AvgIpc) is 2.28. The van der Waals surface area contributed by atoms with Crippen LogP contribution in [-0.4, -0.2) is 18.3 Å². The van der Waals surface area contributed by atoms with Crippen molar-refractivity contribution in [3.63, 3.8) is 0 Å². The molecule has 79 valence electrons. The molecular weight excluding hydrogens is 190 g/mol. The van der Waals surface area contributed by atoms with E-state index in [0.717, 1.165) is 11.5 Å². The van der Waals surface area contributed by atoms with E-state index in [1.807, 2.05) is 19.9 Å². The predicted molar refractivity (Wildman–Crippen MR) is 57.4 cm³/mol. The van der Waals surface area contributed by atoms with Crippen LogP contribution in [0.15, 0.2) is 18.2 Å². The summed E-state index contributed by atoms with van der Waals surface area (Å²) in [6.45, 7) is 4.26. The van der Waals surface area contributed by atoms with Crippen LogP contribution in [0, 0.1) is 17.2 Å². The number of nitriles is 1. The highest BCUT2D eigenvalue weighted by Gasteiger charge is 2.08. The first-order valence-corrected chi connectivity index (χ1v) is 4.83. The molecule has 15 heavy (non-hydrogen) atoms. The minimum atomic E-state index is -0.0134. The first kappa shape index (κ1) is 11.5. The zero-order chi connectivity index (χ0) is 11.3. The minimum absolute atomic E-state index is 0.0134. The summed E-state index contributed by atoms with van der Waals surface area (Å²) in [4.78, 5) is 0. The molecule has 0 spiro atoms. The molecule has 3 heteroatoms. The molecule has 0 aliphatic carbocycles. The quantitative estimate of drug-likeness (QED) is 0.814. The number of benzene rings is 1. The molecule has 0 heterocycles. The summed E-state index contributed by atoms with van der Waals surface area (Å²) in [5.74, 6) is 1.49. The third-order valence-corrected chi connectivity index (χ3v) is 2.08. The maximum absolute atomic E-state index is 9.01. The van der Waals surface area contributed by atoms with Crippen LogP contribution in [-0.2, 0) is 0 Å². The third-order valence-electron chi connectivity index (χ3n) is 2.08. The fourth-order valence-electron chi connectivity index (χ4n) is 1.25. The number of ether oxygens (including phenoxy) is 1. The number of nitrogens with zero attached hydrogens (tertiary/aromatic N) is 1. The number of aliphatic hydroxyl groups is 1. The van der Waals surface area contributed by atoms with E-state index in [4.69, 9.17) is 15.1 Å². The van der Waals surface area contributed by atoms with Crippen LogP contribution < -0.4 is 4.74 Å². The molecule has 0 amide bonds. The molecule has 0 aliphatic heterocycles. The molecule has 0 bridgehead atoms. The Kier molecular flexibility index (Phi) is 4.14. The Hall–Kier alpha value is -1.53. The van der Waals surface area contributed by atoms with Crippen molar-refractivity contribution >= 4 is 0 Å². The summed E-state index contributed by atoms with van der Waals surface area (Å²) in [5, 5.41) is 17.8. The van der Waals surface area contributed by atoms with Gasteiger partial charge in [-0.25, -0.2) is 0 Å². The topological polar surface area (TPSA) is 53.2 Å². The average molecular weight is 204 g/mol. The van der Waals surface area contributed by atoms with Crippen LogP contribution in [0.5, 0.6) is 5.75 Å². The smallest absolute Gasteiger partial charge is 0.120 e. The van der Waals surface area contributed by atoms with E-state index < -0.39 is 0 Å². The molecule has 0 atom stereocenters. The SMILES string of the molecule is CCOc1cc(C#N)cc([C](C)CO)c1. The second-order valence-corrected chi connectivity index (χ2v) is 3.23. The molecule has 1 aromatic carbocycles. The molecule has 0 aromatic heterocycles. The molecule has 1 N–H and O–H groups in total. The monoisotopic (exact) mass is 204 g/mol. The van der Waals surface area contributed by atoms with Crippen LogP contribution in [0.1, 0.15) is 25.0 Å². The molecule has 3 nitrogen and oxygen atoms in total. The summed E-state index contributed by atoms with van der Waals surface area (Å²) in [5.41, 5.74) is 1.39. The number of rotatable bonds is 4. The van der Waals surface area contributed by atoms with Gasteiger partial charge in [0.2, 0.25) is 0 Å². The van der Waals surface area contributed by atoms with Gasteiger partial charge in [-0.15, -0.1) is 0 Å². The van der Waals surface area contributed by atoms with Gasteiger partial charge in [0.25, 0.3) is 0 Å². The van der Waals surface area contributed by atoms with Gasteiger partial charge >= 0.3 is 0 Å². The second-order valence-electron chi connectivity index (χ2n) is 3.23. The molecular formula is C12H14NO2. The van der Waals surface area contributed by atoms with Crippen molar-refractivity contribution in [1.82, 2.24) is 0 Å². The fourth-order valence-corrected chi connectivity index (χ4v) is 1.25. The molecule has 0 saturated heterocycles. The van der Waals surface area contributed by atoms with Crippen molar-refractivity contribution in [1.29, 1.82) is 5.26 Å². The van der Waals surface area contributed by atoms with Crippen LogP contribution in [0.25, 0.3) is 0 Å². The number of hydrogen-bond donors (Lipinski definition) is 1. The summed E-state index contributed by atoms with van der Waals surface area (Å²) < 4.78 is 5.34. The lowest BCUT2D eigenvalue weighted by molar-refractivity contribution is 0.314. The van der Waals surface area contributed by atoms with E-state index in [1.54, 1.807) is 12.1 Å². The minimum Gasteiger partial charge on any atom is -0.494 e. The van der Waals surface area contributed by atoms with Crippen LogP contribution >= 0.6 is 0 Å². The lowest BCUT2D eigenvalue weighted by atomic mass is 10.00. The largest absolute Gasteiger partial charge is 0.494 e. The fraction of sp³-hybridized carbons (Fsp3) is 0.333. The first-order chi connectivity index (χ1) is 7.21. The highest BCUT2D eigenvalue weighted by molar-refractivity contribution is 5.45. The Morgan fingerprint density at radius 1 is 1.47 bits per heavy atom. The standard InChI is InChI=1S/C12H14NO2/c1-3-15-12-5-10(7-13)4-11(6-12)9(2)8-14/h4-6,14H,3,8H2,1-2H3. The molecule has 0 aliphatic rings. The van der Waals surface area contributed by atoms with Gasteiger partial charge in [0.05, 0.1) is 24.8 Å². The third kappa shape index (κ3) is 2.97. The predicted octanol–water partition coefficient (Wildman–Crippen LogP) is 1.89. The van der Waals surface area contributed by atoms with Gasteiger partial charge < -0.3 is 9.84 Å². The summed E-state index contributed by atoms with van der Waals surface area (Å²) >= 11 is 0. The zero-order valence-electron chi connectivity index (χ0n) is 8.95. The van der Waals surface area contributed by atoms with Crippen LogP contribution in [0.4, 0.5) is 0 Å².